The van der Waals surface area contributed by atoms with Gasteiger partial charge in [0.05, 0.1) is 0 Å². The minimum atomic E-state index is -0.463. The highest BCUT2D eigenvalue weighted by molar-refractivity contribution is 5.81. The Kier molecular flexibility index (Phi) is 26.7. The van der Waals surface area contributed by atoms with Gasteiger partial charge in [-0.25, -0.2) is 0 Å². The molecule has 0 aliphatic carbocycles. The third-order valence-corrected chi connectivity index (χ3v) is 9.00. The molecule has 0 amide bonds. The van der Waals surface area contributed by atoms with Crippen molar-refractivity contribution in [3.05, 3.63) is 0 Å². The molecule has 4 nitrogen and oxygen atoms in total. The van der Waals surface area contributed by atoms with Crippen LogP contribution in [-0.2, 0) is 19.0 Å². The molecule has 0 aromatic heterocycles. The van der Waals surface area contributed by atoms with E-state index in [1.165, 1.54) is 161 Å². The molecular weight excluding hydrogens is 508 g/mol. The van der Waals surface area contributed by atoms with E-state index in [4.69, 9.17) is 14.2 Å². The van der Waals surface area contributed by atoms with Crippen LogP contribution in [0.1, 0.15) is 201 Å². The van der Waals surface area contributed by atoms with Gasteiger partial charge in [-0.1, -0.05) is 181 Å². The Labute approximate surface area is 256 Å². The van der Waals surface area contributed by atoms with Crippen molar-refractivity contribution in [2.24, 2.45) is 0 Å². The Morgan fingerprint density at radius 1 is 0.537 bits per heavy atom. The van der Waals surface area contributed by atoms with Crippen molar-refractivity contribution in [2.45, 2.75) is 212 Å². The van der Waals surface area contributed by atoms with Crippen LogP contribution in [0.25, 0.3) is 0 Å². The van der Waals surface area contributed by atoms with Crippen LogP contribution in [0.15, 0.2) is 0 Å². The van der Waals surface area contributed by atoms with E-state index in [0.29, 0.717) is 0 Å². The average Bonchev–Trinajstić information content (AvgIpc) is 2.98. The van der Waals surface area contributed by atoms with Crippen LogP contribution in [0.2, 0.25) is 0 Å². The van der Waals surface area contributed by atoms with E-state index in [0.717, 1.165) is 25.9 Å². The quantitative estimate of drug-likeness (QED) is 0.0765. The number of Topliss-reactive ketones (excluding diaryl/α,β-unsaturated/α-hetero) is 1. The number of hydrogen-bond acceptors (Lipinski definition) is 4. The number of carbonyl (C=O) groups excluding carboxylic acids is 1. The lowest BCUT2D eigenvalue weighted by molar-refractivity contribution is -0.262. The predicted octanol–water partition coefficient (Wildman–Crippen LogP) is 11.7. The van der Waals surface area contributed by atoms with Gasteiger partial charge in [-0.3, -0.25) is 4.79 Å². The van der Waals surface area contributed by atoms with Crippen LogP contribution in [0.4, 0.5) is 0 Å². The average molecular weight is 581 g/mol. The number of rotatable bonds is 31. The second-order valence-corrected chi connectivity index (χ2v) is 13.2. The fraction of sp³-hybridized carbons (Fsp3) is 0.973. The topological polar surface area (TPSA) is 44.8 Å². The first-order valence-electron chi connectivity index (χ1n) is 18.5. The van der Waals surface area contributed by atoms with Crippen molar-refractivity contribution < 1.29 is 19.0 Å². The molecule has 0 N–H and O–H groups in total. The minimum Gasteiger partial charge on any atom is -0.370 e. The Morgan fingerprint density at radius 2 is 0.854 bits per heavy atom. The third kappa shape index (κ3) is 22.7. The van der Waals surface area contributed by atoms with Gasteiger partial charge in [0.1, 0.15) is 18.8 Å². The molecule has 0 spiro atoms. The number of hydrogen-bond donors (Lipinski definition) is 0. The normalized spacial score (nSPS) is 15.9. The highest BCUT2D eigenvalue weighted by atomic mass is 16.7. The molecular formula is C37H72O4. The molecule has 0 bridgehead atoms. The third-order valence-electron chi connectivity index (χ3n) is 9.00. The zero-order chi connectivity index (χ0) is 29.7. The summed E-state index contributed by atoms with van der Waals surface area (Å²) in [5.41, 5.74) is -0.463. The molecule has 0 saturated carbocycles. The Hall–Kier alpha value is -0.450. The minimum absolute atomic E-state index is 0.0242. The molecule has 1 unspecified atom stereocenters. The monoisotopic (exact) mass is 581 g/mol. The molecule has 1 heterocycles. The van der Waals surface area contributed by atoms with E-state index in [9.17, 15) is 4.79 Å². The summed E-state index contributed by atoms with van der Waals surface area (Å²) in [4.78, 5) is 11.6. The van der Waals surface area contributed by atoms with Crippen LogP contribution in [0.5, 0.6) is 0 Å². The maximum Gasteiger partial charge on any atom is 0.187 e. The van der Waals surface area contributed by atoms with E-state index >= 15 is 0 Å². The molecule has 244 valence electrons. The first-order valence-corrected chi connectivity index (χ1v) is 18.5. The summed E-state index contributed by atoms with van der Waals surface area (Å²) in [6.45, 7) is 7.77. The second kappa shape index (κ2) is 28.3. The van der Waals surface area contributed by atoms with Gasteiger partial charge in [-0.2, -0.15) is 0 Å². The van der Waals surface area contributed by atoms with Gasteiger partial charge in [0.15, 0.2) is 12.1 Å². The van der Waals surface area contributed by atoms with E-state index in [-0.39, 0.29) is 19.0 Å². The fourth-order valence-electron chi connectivity index (χ4n) is 6.13. The fourth-order valence-corrected chi connectivity index (χ4v) is 6.13. The molecule has 1 aliphatic heterocycles. The summed E-state index contributed by atoms with van der Waals surface area (Å²) in [7, 11) is 0. The summed E-state index contributed by atoms with van der Waals surface area (Å²) >= 11 is 0. The SMILES string of the molecule is CCCCCCCCCCCCCCCCCCOC(C)(CCCCCCCCCCCCC)C1OCC(=O)CO1. The van der Waals surface area contributed by atoms with Crippen LogP contribution in [0, 0.1) is 0 Å². The first-order chi connectivity index (χ1) is 20.1. The highest BCUT2D eigenvalue weighted by Crippen LogP contribution is 2.29. The van der Waals surface area contributed by atoms with Crippen molar-refractivity contribution in [3.8, 4) is 0 Å². The lowest BCUT2D eigenvalue weighted by Gasteiger charge is -2.38. The molecule has 0 aromatic carbocycles. The van der Waals surface area contributed by atoms with Gasteiger partial charge >= 0.3 is 0 Å². The van der Waals surface area contributed by atoms with Crippen molar-refractivity contribution in [1.82, 2.24) is 0 Å². The smallest absolute Gasteiger partial charge is 0.187 e. The van der Waals surface area contributed by atoms with E-state index in [1.54, 1.807) is 0 Å². The summed E-state index contributed by atoms with van der Waals surface area (Å²) < 4.78 is 18.0. The van der Waals surface area contributed by atoms with Gasteiger partial charge in [0, 0.05) is 6.61 Å². The number of ether oxygens (including phenoxy) is 3. The Balaban J connectivity index is 2.07. The first kappa shape index (κ1) is 38.6. The molecule has 1 saturated heterocycles. The van der Waals surface area contributed by atoms with E-state index in [2.05, 4.69) is 20.8 Å². The largest absolute Gasteiger partial charge is 0.370 e. The van der Waals surface area contributed by atoms with E-state index < -0.39 is 11.9 Å². The van der Waals surface area contributed by atoms with Crippen molar-refractivity contribution in [2.75, 3.05) is 19.8 Å². The van der Waals surface area contributed by atoms with Crippen molar-refractivity contribution in [1.29, 1.82) is 0 Å². The zero-order valence-corrected chi connectivity index (χ0v) is 28.1. The molecule has 1 aliphatic rings. The summed E-state index contributed by atoms with van der Waals surface area (Å²) in [5.74, 6) is 0.0242. The predicted molar refractivity (Wildman–Crippen MR) is 176 cm³/mol. The molecule has 0 aromatic rings. The number of ketones is 1. The van der Waals surface area contributed by atoms with Crippen LogP contribution < -0.4 is 0 Å². The molecule has 0 radical (unpaired) electrons. The van der Waals surface area contributed by atoms with E-state index in [1.807, 2.05) is 0 Å². The molecule has 4 heteroatoms. The van der Waals surface area contributed by atoms with Gasteiger partial charge in [-0.15, -0.1) is 0 Å². The Morgan fingerprint density at radius 3 is 1.22 bits per heavy atom. The van der Waals surface area contributed by atoms with Crippen molar-refractivity contribution >= 4 is 5.78 Å². The number of carbonyl (C=O) groups is 1. The molecule has 41 heavy (non-hydrogen) atoms. The highest BCUT2D eigenvalue weighted by Gasteiger charge is 2.39. The van der Waals surface area contributed by atoms with Gasteiger partial charge in [0.25, 0.3) is 0 Å². The van der Waals surface area contributed by atoms with Crippen LogP contribution in [-0.4, -0.2) is 37.5 Å². The molecule has 1 rings (SSSR count). The maximum absolute atomic E-state index is 11.6. The Bertz CT molecular complexity index is 555. The van der Waals surface area contributed by atoms with Crippen molar-refractivity contribution in [3.63, 3.8) is 0 Å². The second-order valence-electron chi connectivity index (χ2n) is 13.2. The summed E-state index contributed by atoms with van der Waals surface area (Å²) in [5, 5.41) is 0. The molecule has 1 atom stereocenters. The lowest BCUT2D eigenvalue weighted by atomic mass is 9.95. The summed E-state index contributed by atoms with van der Waals surface area (Å²) in [6.07, 6.45) is 37.2. The standard InChI is InChI=1S/C37H72O4/c1-4-6-8-10-12-14-16-17-18-19-20-22-24-26-28-30-32-41-37(3,36-39-33-35(38)34-40-36)31-29-27-25-23-21-15-13-11-9-7-5-2/h36H,4-34H2,1-3H3. The lowest BCUT2D eigenvalue weighted by Crippen LogP contribution is -2.49. The number of unbranched alkanes of at least 4 members (excludes halogenated alkanes) is 25. The van der Waals surface area contributed by atoms with Crippen LogP contribution in [0.3, 0.4) is 0 Å². The summed E-state index contributed by atoms with van der Waals surface area (Å²) in [6, 6.07) is 0. The molecule has 1 fully saturated rings. The van der Waals surface area contributed by atoms with Gasteiger partial charge in [0.2, 0.25) is 0 Å². The van der Waals surface area contributed by atoms with Gasteiger partial charge in [-0.05, 0) is 19.8 Å². The maximum atomic E-state index is 11.6. The van der Waals surface area contributed by atoms with Crippen LogP contribution >= 0.6 is 0 Å². The zero-order valence-electron chi connectivity index (χ0n) is 28.1. The van der Waals surface area contributed by atoms with Gasteiger partial charge < -0.3 is 14.2 Å².